The van der Waals surface area contributed by atoms with E-state index in [9.17, 15) is 4.79 Å². The van der Waals surface area contributed by atoms with Gasteiger partial charge in [-0.05, 0) is 35.4 Å². The number of halogens is 2. The topological polar surface area (TPSA) is 46.5 Å². The van der Waals surface area contributed by atoms with E-state index in [-0.39, 0.29) is 12.6 Å². The molecule has 0 aromatic heterocycles. The second kappa shape index (κ2) is 9.40. The molecule has 21 heavy (non-hydrogen) atoms. The molecular formula is C16H16Cl2O3. The van der Waals surface area contributed by atoms with Gasteiger partial charge in [0.1, 0.15) is 6.61 Å². The average Bonchev–Trinajstić information content (AvgIpc) is 2.48. The Hall–Kier alpha value is -1.55. The van der Waals surface area contributed by atoms with Gasteiger partial charge in [-0.2, -0.15) is 0 Å². The predicted molar refractivity (Wildman–Crippen MR) is 84.3 cm³/mol. The van der Waals surface area contributed by atoms with Crippen LogP contribution >= 0.6 is 23.2 Å². The van der Waals surface area contributed by atoms with E-state index in [1.54, 1.807) is 36.4 Å². The number of carbonyl (C=O) groups is 1. The highest BCUT2D eigenvalue weighted by molar-refractivity contribution is 6.30. The molecule has 3 nitrogen and oxygen atoms in total. The Kier molecular flexibility index (Phi) is 7.83. The van der Waals surface area contributed by atoms with Gasteiger partial charge in [-0.15, -0.1) is 0 Å². The van der Waals surface area contributed by atoms with Crippen molar-refractivity contribution in [2.24, 2.45) is 0 Å². The molecule has 0 radical (unpaired) electrons. The van der Waals surface area contributed by atoms with Crippen molar-refractivity contribution in [3.63, 3.8) is 0 Å². The van der Waals surface area contributed by atoms with Gasteiger partial charge in [0.2, 0.25) is 0 Å². The van der Waals surface area contributed by atoms with E-state index in [1.807, 2.05) is 12.1 Å². The Labute approximate surface area is 134 Å². The molecule has 0 saturated carbocycles. The van der Waals surface area contributed by atoms with E-state index in [0.717, 1.165) is 11.1 Å². The molecule has 0 unspecified atom stereocenters. The molecule has 0 aliphatic heterocycles. The van der Waals surface area contributed by atoms with Crippen LogP contribution in [0.25, 0.3) is 0 Å². The monoisotopic (exact) mass is 326 g/mol. The van der Waals surface area contributed by atoms with Crippen molar-refractivity contribution in [1.82, 2.24) is 0 Å². The van der Waals surface area contributed by atoms with E-state index in [2.05, 4.69) is 0 Å². The number of aliphatic hydroxyl groups excluding tert-OH is 1. The highest BCUT2D eigenvalue weighted by Gasteiger charge is 1.95. The lowest BCUT2D eigenvalue weighted by atomic mass is 10.2. The average molecular weight is 327 g/mol. The fourth-order valence-corrected chi connectivity index (χ4v) is 1.61. The maximum Gasteiger partial charge on any atom is 0.302 e. The maximum absolute atomic E-state index is 10.4. The summed E-state index contributed by atoms with van der Waals surface area (Å²) in [5, 5.41) is 9.97. The summed E-state index contributed by atoms with van der Waals surface area (Å²) in [7, 11) is 0. The van der Waals surface area contributed by atoms with Gasteiger partial charge < -0.3 is 9.84 Å². The van der Waals surface area contributed by atoms with Gasteiger partial charge in [-0.25, -0.2) is 0 Å². The molecular weight excluding hydrogens is 311 g/mol. The summed E-state index contributed by atoms with van der Waals surface area (Å²) in [6.07, 6.45) is 0. The number of esters is 1. The minimum Gasteiger partial charge on any atom is -0.461 e. The Morgan fingerprint density at radius 2 is 1.38 bits per heavy atom. The number of hydrogen-bond donors (Lipinski definition) is 1. The minimum atomic E-state index is -0.273. The van der Waals surface area contributed by atoms with Gasteiger partial charge in [0.15, 0.2) is 0 Å². The predicted octanol–water partition coefficient (Wildman–Crippen LogP) is 4.24. The van der Waals surface area contributed by atoms with Gasteiger partial charge >= 0.3 is 5.97 Å². The second-order valence-electron chi connectivity index (χ2n) is 4.19. The third kappa shape index (κ3) is 7.71. The molecule has 112 valence electrons. The molecule has 0 atom stereocenters. The molecule has 0 bridgehead atoms. The zero-order valence-electron chi connectivity index (χ0n) is 11.6. The van der Waals surface area contributed by atoms with E-state index < -0.39 is 0 Å². The summed E-state index contributed by atoms with van der Waals surface area (Å²) in [5.74, 6) is -0.273. The number of rotatable bonds is 3. The molecule has 0 saturated heterocycles. The summed E-state index contributed by atoms with van der Waals surface area (Å²) in [4.78, 5) is 10.4. The summed E-state index contributed by atoms with van der Waals surface area (Å²) >= 11 is 11.3. The summed E-state index contributed by atoms with van der Waals surface area (Å²) < 4.78 is 4.79. The minimum absolute atomic E-state index is 0.0805. The van der Waals surface area contributed by atoms with E-state index in [0.29, 0.717) is 16.7 Å². The molecule has 0 heterocycles. The highest BCUT2D eigenvalue weighted by Crippen LogP contribution is 2.10. The van der Waals surface area contributed by atoms with Crippen LogP contribution in [-0.2, 0) is 22.7 Å². The van der Waals surface area contributed by atoms with Gasteiger partial charge in [-0.3, -0.25) is 4.79 Å². The van der Waals surface area contributed by atoms with Crippen molar-refractivity contribution in [3.05, 3.63) is 69.7 Å². The van der Waals surface area contributed by atoms with Crippen LogP contribution in [0.3, 0.4) is 0 Å². The van der Waals surface area contributed by atoms with Crippen LogP contribution in [0, 0.1) is 0 Å². The van der Waals surface area contributed by atoms with Crippen LogP contribution in [0.15, 0.2) is 48.5 Å². The standard InChI is InChI=1S/C9H9ClO2.C7H7ClO/c1-7(11)12-6-8-2-4-9(10)5-3-8;8-7-3-1-6(5-9)2-4-7/h2-5H,6H2,1H3;1-4,9H,5H2. The molecule has 2 aromatic carbocycles. The van der Waals surface area contributed by atoms with Gasteiger partial charge in [-0.1, -0.05) is 47.5 Å². The van der Waals surface area contributed by atoms with Gasteiger partial charge in [0.25, 0.3) is 0 Å². The van der Waals surface area contributed by atoms with Crippen LogP contribution in [0.4, 0.5) is 0 Å². The molecule has 5 heteroatoms. The van der Waals surface area contributed by atoms with Gasteiger partial charge in [0.05, 0.1) is 6.61 Å². The molecule has 0 aliphatic carbocycles. The molecule has 1 N–H and O–H groups in total. The maximum atomic E-state index is 10.4. The summed E-state index contributed by atoms with van der Waals surface area (Å²) in [6, 6.07) is 14.3. The molecule has 0 spiro atoms. The van der Waals surface area contributed by atoms with Crippen molar-refractivity contribution in [1.29, 1.82) is 0 Å². The molecule has 0 amide bonds. The zero-order valence-corrected chi connectivity index (χ0v) is 13.1. The van der Waals surface area contributed by atoms with Crippen LogP contribution in [0.1, 0.15) is 18.1 Å². The van der Waals surface area contributed by atoms with Crippen LogP contribution < -0.4 is 0 Å². The second-order valence-corrected chi connectivity index (χ2v) is 5.06. The van der Waals surface area contributed by atoms with E-state index in [1.165, 1.54) is 6.92 Å². The lowest BCUT2D eigenvalue weighted by Gasteiger charge is -2.00. The first-order valence-corrected chi connectivity index (χ1v) is 7.00. The first-order chi connectivity index (χ1) is 10.0. The molecule has 2 rings (SSSR count). The Morgan fingerprint density at radius 3 is 1.76 bits per heavy atom. The third-order valence-electron chi connectivity index (χ3n) is 2.45. The fraction of sp³-hybridized carbons (Fsp3) is 0.188. The van der Waals surface area contributed by atoms with E-state index in [4.69, 9.17) is 33.0 Å². The largest absolute Gasteiger partial charge is 0.461 e. The number of hydrogen-bond acceptors (Lipinski definition) is 3. The molecule has 0 aliphatic rings. The SMILES string of the molecule is CC(=O)OCc1ccc(Cl)cc1.OCc1ccc(Cl)cc1. The van der Waals surface area contributed by atoms with Crippen molar-refractivity contribution >= 4 is 29.2 Å². The Morgan fingerprint density at radius 1 is 0.952 bits per heavy atom. The first kappa shape index (κ1) is 17.5. The summed E-state index contributed by atoms with van der Waals surface area (Å²) in [5.41, 5.74) is 1.83. The number of benzene rings is 2. The first-order valence-electron chi connectivity index (χ1n) is 6.24. The zero-order chi connectivity index (χ0) is 15.7. The van der Waals surface area contributed by atoms with Crippen LogP contribution in [0.2, 0.25) is 10.0 Å². The Balaban J connectivity index is 0.000000219. The quantitative estimate of drug-likeness (QED) is 0.858. The van der Waals surface area contributed by atoms with Crippen LogP contribution in [0.5, 0.6) is 0 Å². The summed E-state index contributed by atoms with van der Waals surface area (Å²) in [6.45, 7) is 1.78. The Bertz CT molecular complexity index is 551. The number of carbonyl (C=O) groups excluding carboxylic acids is 1. The lowest BCUT2D eigenvalue weighted by molar-refractivity contribution is -0.142. The third-order valence-corrected chi connectivity index (χ3v) is 2.96. The van der Waals surface area contributed by atoms with Gasteiger partial charge in [0, 0.05) is 17.0 Å². The number of aliphatic hydroxyl groups is 1. The number of ether oxygens (including phenoxy) is 1. The van der Waals surface area contributed by atoms with Crippen molar-refractivity contribution < 1.29 is 14.6 Å². The van der Waals surface area contributed by atoms with Crippen LogP contribution in [-0.4, -0.2) is 11.1 Å². The van der Waals surface area contributed by atoms with Crippen molar-refractivity contribution in [2.75, 3.05) is 0 Å². The lowest BCUT2D eigenvalue weighted by Crippen LogP contribution is -1.98. The smallest absolute Gasteiger partial charge is 0.302 e. The van der Waals surface area contributed by atoms with Crippen molar-refractivity contribution in [3.8, 4) is 0 Å². The van der Waals surface area contributed by atoms with Crippen molar-refractivity contribution in [2.45, 2.75) is 20.1 Å². The highest BCUT2D eigenvalue weighted by atomic mass is 35.5. The van der Waals surface area contributed by atoms with E-state index >= 15 is 0 Å². The normalized spacial score (nSPS) is 9.52. The molecule has 0 fully saturated rings. The fourth-order valence-electron chi connectivity index (χ4n) is 1.36. The molecule has 2 aromatic rings.